The summed E-state index contributed by atoms with van der Waals surface area (Å²) in [6.07, 6.45) is 0. The molecule has 1 aromatic heterocycles. The summed E-state index contributed by atoms with van der Waals surface area (Å²) < 4.78 is 35.4. The number of furan rings is 1. The van der Waals surface area contributed by atoms with Crippen LogP contribution in [0.1, 0.15) is 21.9 Å². The summed E-state index contributed by atoms with van der Waals surface area (Å²) in [6, 6.07) is 17.4. The van der Waals surface area contributed by atoms with Crippen molar-refractivity contribution in [3.8, 4) is 11.8 Å². The number of hydrogen-bond donors (Lipinski definition) is 2. The van der Waals surface area contributed by atoms with Gasteiger partial charge in [-0.05, 0) is 42.5 Å². The number of hydrazine groups is 1. The normalized spacial score (nSPS) is 10.9. The molecule has 0 aliphatic rings. The quantitative estimate of drug-likeness (QED) is 0.554. The van der Waals surface area contributed by atoms with Gasteiger partial charge in [-0.1, -0.05) is 29.8 Å². The van der Waals surface area contributed by atoms with Crippen LogP contribution < -0.4 is 15.0 Å². The SMILES string of the molecule is N#Cc1ccc(S(=O)(=O)NNC(=O)c2ccc(COc3ccccc3)o2)cc1Cl. The molecular formula is C19H14ClN3O5S. The second kappa shape index (κ2) is 8.79. The number of hydrogen-bond acceptors (Lipinski definition) is 6. The summed E-state index contributed by atoms with van der Waals surface area (Å²) in [5.74, 6) is 0.140. The maximum Gasteiger partial charge on any atom is 0.301 e. The molecule has 0 spiro atoms. The number of nitrogens with zero attached hydrogens (tertiary/aromatic N) is 1. The molecule has 2 aromatic carbocycles. The van der Waals surface area contributed by atoms with Gasteiger partial charge in [-0.2, -0.15) is 5.26 Å². The Morgan fingerprint density at radius 2 is 1.90 bits per heavy atom. The molecule has 148 valence electrons. The molecule has 0 aliphatic carbocycles. The van der Waals surface area contributed by atoms with Crippen molar-refractivity contribution in [2.75, 3.05) is 0 Å². The number of sulfonamides is 1. The summed E-state index contributed by atoms with van der Waals surface area (Å²) >= 11 is 5.84. The Hall–Kier alpha value is -3.32. The molecular weight excluding hydrogens is 418 g/mol. The van der Waals surface area contributed by atoms with E-state index in [4.69, 9.17) is 26.0 Å². The van der Waals surface area contributed by atoms with Crippen LogP contribution in [-0.2, 0) is 16.6 Å². The highest BCUT2D eigenvalue weighted by Gasteiger charge is 2.19. The number of nitriles is 1. The first-order valence-corrected chi connectivity index (χ1v) is 10.0. The summed E-state index contributed by atoms with van der Waals surface area (Å²) in [7, 11) is -4.09. The van der Waals surface area contributed by atoms with Crippen molar-refractivity contribution in [3.05, 3.63) is 82.8 Å². The fourth-order valence-electron chi connectivity index (χ4n) is 2.24. The van der Waals surface area contributed by atoms with E-state index in [1.165, 1.54) is 18.2 Å². The van der Waals surface area contributed by atoms with Crippen molar-refractivity contribution in [2.45, 2.75) is 11.5 Å². The molecule has 0 aliphatic heterocycles. The molecule has 2 N–H and O–H groups in total. The van der Waals surface area contributed by atoms with Crippen molar-refractivity contribution in [3.63, 3.8) is 0 Å². The van der Waals surface area contributed by atoms with Gasteiger partial charge < -0.3 is 9.15 Å². The first kappa shape index (κ1) is 20.4. The second-order valence-corrected chi connectivity index (χ2v) is 7.77. The van der Waals surface area contributed by atoms with Crippen LogP contribution in [0.5, 0.6) is 5.75 Å². The van der Waals surface area contributed by atoms with E-state index < -0.39 is 15.9 Å². The molecule has 0 unspecified atom stereocenters. The Balaban J connectivity index is 1.60. The first-order chi connectivity index (χ1) is 13.9. The van der Waals surface area contributed by atoms with E-state index in [-0.39, 0.29) is 27.8 Å². The Kier molecular flexibility index (Phi) is 6.19. The highest BCUT2D eigenvalue weighted by Crippen LogP contribution is 2.20. The monoisotopic (exact) mass is 431 g/mol. The molecule has 0 fully saturated rings. The number of carbonyl (C=O) groups excluding carboxylic acids is 1. The zero-order valence-corrected chi connectivity index (χ0v) is 16.3. The Labute approximate surface area is 171 Å². The van der Waals surface area contributed by atoms with Gasteiger partial charge in [-0.25, -0.2) is 8.42 Å². The molecule has 0 saturated heterocycles. The average molecular weight is 432 g/mol. The number of carbonyl (C=O) groups is 1. The molecule has 1 amide bonds. The molecule has 10 heteroatoms. The van der Waals surface area contributed by atoms with E-state index in [2.05, 4.69) is 5.43 Å². The number of nitrogens with one attached hydrogen (secondary N) is 2. The molecule has 0 bridgehead atoms. The standard InChI is InChI=1S/C19H14ClN3O5S/c20-17-10-16(8-6-13(17)11-21)29(25,26)23-22-19(24)18-9-7-15(28-18)12-27-14-4-2-1-3-5-14/h1-10,23H,12H2,(H,22,24). The number of rotatable bonds is 7. The van der Waals surface area contributed by atoms with Crippen molar-refractivity contribution >= 4 is 27.5 Å². The lowest BCUT2D eigenvalue weighted by Crippen LogP contribution is -2.41. The summed E-state index contributed by atoms with van der Waals surface area (Å²) in [5, 5.41) is 8.83. The maximum absolute atomic E-state index is 12.3. The lowest BCUT2D eigenvalue weighted by atomic mass is 10.2. The summed E-state index contributed by atoms with van der Waals surface area (Å²) in [4.78, 5) is 13.9. The first-order valence-electron chi connectivity index (χ1n) is 8.17. The molecule has 29 heavy (non-hydrogen) atoms. The molecule has 3 aromatic rings. The van der Waals surface area contributed by atoms with Crippen molar-refractivity contribution in [1.29, 1.82) is 5.26 Å². The van der Waals surface area contributed by atoms with Crippen LogP contribution in [0.3, 0.4) is 0 Å². The van der Waals surface area contributed by atoms with Crippen LogP contribution in [0.15, 0.2) is 70.0 Å². The lowest BCUT2D eigenvalue weighted by Gasteiger charge is -2.08. The van der Waals surface area contributed by atoms with Gasteiger partial charge in [0.05, 0.1) is 15.5 Å². The molecule has 3 rings (SSSR count). The van der Waals surface area contributed by atoms with E-state index >= 15 is 0 Å². The largest absolute Gasteiger partial charge is 0.486 e. The summed E-state index contributed by atoms with van der Waals surface area (Å²) in [5.41, 5.74) is 2.19. The highest BCUT2D eigenvalue weighted by molar-refractivity contribution is 7.89. The maximum atomic E-state index is 12.3. The van der Waals surface area contributed by atoms with Crippen LogP contribution in [-0.4, -0.2) is 14.3 Å². The van der Waals surface area contributed by atoms with Crippen molar-refractivity contribution < 1.29 is 22.4 Å². The van der Waals surface area contributed by atoms with Gasteiger partial charge in [-0.15, -0.1) is 4.83 Å². The third-order valence-corrected chi connectivity index (χ3v) is 5.24. The third-order valence-electron chi connectivity index (χ3n) is 3.68. The zero-order chi connectivity index (χ0) is 20.9. The van der Waals surface area contributed by atoms with Gasteiger partial charge in [0.2, 0.25) is 0 Å². The Morgan fingerprint density at radius 1 is 1.14 bits per heavy atom. The van der Waals surface area contributed by atoms with Gasteiger partial charge in [0.15, 0.2) is 5.76 Å². The molecule has 0 saturated carbocycles. The van der Waals surface area contributed by atoms with E-state index in [0.29, 0.717) is 11.5 Å². The minimum absolute atomic E-state index is 0.0178. The number of amides is 1. The fourth-order valence-corrected chi connectivity index (χ4v) is 3.39. The van der Waals surface area contributed by atoms with Gasteiger partial charge >= 0.3 is 5.91 Å². The van der Waals surface area contributed by atoms with Gasteiger partial charge in [0, 0.05) is 0 Å². The van der Waals surface area contributed by atoms with Crippen molar-refractivity contribution in [1.82, 2.24) is 10.3 Å². The van der Waals surface area contributed by atoms with E-state index in [1.807, 2.05) is 29.1 Å². The topological polar surface area (TPSA) is 121 Å². The summed E-state index contributed by atoms with van der Waals surface area (Å²) in [6.45, 7) is 0.104. The van der Waals surface area contributed by atoms with Crippen LogP contribution in [0.25, 0.3) is 0 Å². The van der Waals surface area contributed by atoms with Crippen LogP contribution >= 0.6 is 11.6 Å². The van der Waals surface area contributed by atoms with Gasteiger partial charge in [0.1, 0.15) is 24.2 Å². The van der Waals surface area contributed by atoms with Crippen LogP contribution in [0.2, 0.25) is 5.02 Å². The van der Waals surface area contributed by atoms with Gasteiger partial charge in [0.25, 0.3) is 10.0 Å². The predicted octanol–water partition coefficient (Wildman–Crippen LogP) is 3.01. The minimum atomic E-state index is -4.09. The fraction of sp³-hybridized carbons (Fsp3) is 0.0526. The minimum Gasteiger partial charge on any atom is -0.486 e. The third kappa shape index (κ3) is 5.14. The molecule has 0 atom stereocenters. The van der Waals surface area contributed by atoms with E-state index in [9.17, 15) is 13.2 Å². The van der Waals surface area contributed by atoms with E-state index in [0.717, 1.165) is 6.07 Å². The van der Waals surface area contributed by atoms with E-state index in [1.54, 1.807) is 18.2 Å². The van der Waals surface area contributed by atoms with Gasteiger partial charge in [-0.3, -0.25) is 10.2 Å². The molecule has 1 heterocycles. The number of halogens is 1. The van der Waals surface area contributed by atoms with Crippen LogP contribution in [0, 0.1) is 11.3 Å². The second-order valence-electron chi connectivity index (χ2n) is 5.68. The Bertz CT molecular complexity index is 1170. The average Bonchev–Trinajstić information content (AvgIpc) is 3.20. The number of benzene rings is 2. The predicted molar refractivity (Wildman–Crippen MR) is 103 cm³/mol. The smallest absolute Gasteiger partial charge is 0.301 e. The Morgan fingerprint density at radius 3 is 2.59 bits per heavy atom. The van der Waals surface area contributed by atoms with Crippen LogP contribution in [0.4, 0.5) is 0 Å². The molecule has 8 nitrogen and oxygen atoms in total. The number of ether oxygens (including phenoxy) is 1. The number of para-hydroxylation sites is 1. The highest BCUT2D eigenvalue weighted by atomic mass is 35.5. The zero-order valence-electron chi connectivity index (χ0n) is 14.8. The molecule has 0 radical (unpaired) electrons. The van der Waals surface area contributed by atoms with Crippen molar-refractivity contribution in [2.24, 2.45) is 0 Å². The lowest BCUT2D eigenvalue weighted by molar-refractivity contribution is 0.0913.